The predicted molar refractivity (Wildman–Crippen MR) is 139 cm³/mol. The molecule has 2 fully saturated rings. The Labute approximate surface area is 212 Å². The largest absolute Gasteiger partial charge is 0.329 e. The van der Waals surface area contributed by atoms with Crippen molar-refractivity contribution in [3.63, 3.8) is 0 Å². The van der Waals surface area contributed by atoms with E-state index in [1.54, 1.807) is 11.1 Å². The third kappa shape index (κ3) is 4.44. The number of imidazole rings is 1. The van der Waals surface area contributed by atoms with Gasteiger partial charge in [-0.15, -0.1) is 0 Å². The molecule has 2 aromatic carbocycles. The highest BCUT2D eigenvalue weighted by molar-refractivity contribution is 6.05. The van der Waals surface area contributed by atoms with Gasteiger partial charge in [0.15, 0.2) is 0 Å². The van der Waals surface area contributed by atoms with Crippen molar-refractivity contribution in [2.45, 2.75) is 64.1 Å². The number of hydrogen-bond acceptors (Lipinski definition) is 4. The lowest BCUT2D eigenvalue weighted by Gasteiger charge is -2.26. The Morgan fingerprint density at radius 2 is 1.75 bits per heavy atom. The lowest BCUT2D eigenvalue weighted by atomic mass is 9.84. The second kappa shape index (κ2) is 9.54. The number of carbonyl (C=O) groups is 2. The van der Waals surface area contributed by atoms with Crippen LogP contribution in [0, 0.1) is 0 Å². The van der Waals surface area contributed by atoms with Crippen LogP contribution in [-0.4, -0.2) is 32.9 Å². The molecule has 1 saturated carbocycles. The lowest BCUT2D eigenvalue weighted by molar-refractivity contribution is -0.120. The minimum atomic E-state index is -0.392. The van der Waals surface area contributed by atoms with Crippen molar-refractivity contribution in [2.24, 2.45) is 7.05 Å². The summed E-state index contributed by atoms with van der Waals surface area (Å²) in [5.41, 5.74) is 6.61. The van der Waals surface area contributed by atoms with Crippen molar-refractivity contribution in [1.82, 2.24) is 19.8 Å². The summed E-state index contributed by atoms with van der Waals surface area (Å²) in [7, 11) is 1.91. The molecule has 0 spiro atoms. The van der Waals surface area contributed by atoms with Crippen LogP contribution in [0.2, 0.25) is 0 Å². The molecule has 3 amide bonds. The molecule has 0 radical (unpaired) electrons. The molecule has 36 heavy (non-hydrogen) atoms. The molecule has 1 saturated heterocycles. The molecule has 0 unspecified atom stereocenters. The Balaban J connectivity index is 1.14. The third-order valence-electron chi connectivity index (χ3n) is 8.01. The molecule has 3 heterocycles. The predicted octanol–water partition coefficient (Wildman–Crippen LogP) is 5.10. The molecule has 1 aromatic heterocycles. The molecule has 1 aliphatic carbocycles. The van der Waals surface area contributed by atoms with Gasteiger partial charge in [0.25, 0.3) is 0 Å². The Kier molecular flexibility index (Phi) is 6.09. The summed E-state index contributed by atoms with van der Waals surface area (Å²) in [4.78, 5) is 32.5. The van der Waals surface area contributed by atoms with Crippen molar-refractivity contribution < 1.29 is 9.59 Å². The van der Waals surface area contributed by atoms with Gasteiger partial charge in [-0.25, -0.2) is 9.78 Å². The van der Waals surface area contributed by atoms with Gasteiger partial charge in [-0.3, -0.25) is 19.9 Å². The minimum Gasteiger partial charge on any atom is -0.314 e. The van der Waals surface area contributed by atoms with E-state index in [2.05, 4.69) is 57.7 Å². The van der Waals surface area contributed by atoms with Gasteiger partial charge in [0.1, 0.15) is 11.6 Å². The van der Waals surface area contributed by atoms with Gasteiger partial charge in [0.2, 0.25) is 5.91 Å². The first-order valence-electron chi connectivity index (χ1n) is 13.1. The molecular formula is C29H33N5O2. The summed E-state index contributed by atoms with van der Waals surface area (Å²) in [5, 5.41) is 2.38. The molecule has 186 valence electrons. The minimum absolute atomic E-state index is 0.234. The highest BCUT2D eigenvalue weighted by atomic mass is 16.2. The molecular weight excluding hydrogens is 450 g/mol. The lowest BCUT2D eigenvalue weighted by Crippen LogP contribution is -2.50. The SMILES string of the molecule is Cn1c(N2CCC(=O)NC2=O)cnc1-c1ccc2c(c1)CN(Cc1ccc(C3CCCCC3)cc1)C2. The van der Waals surface area contributed by atoms with Crippen LogP contribution >= 0.6 is 0 Å². The zero-order valence-electron chi connectivity index (χ0n) is 20.9. The van der Waals surface area contributed by atoms with Crippen LogP contribution in [0.5, 0.6) is 0 Å². The molecule has 6 rings (SSSR count). The number of amides is 3. The average Bonchev–Trinajstić information content (AvgIpc) is 3.47. The molecule has 2 aliphatic heterocycles. The normalized spacial score (nSPS) is 19.0. The van der Waals surface area contributed by atoms with Gasteiger partial charge in [-0.2, -0.15) is 0 Å². The number of urea groups is 1. The third-order valence-corrected chi connectivity index (χ3v) is 8.01. The monoisotopic (exact) mass is 483 g/mol. The van der Waals surface area contributed by atoms with E-state index < -0.39 is 6.03 Å². The van der Waals surface area contributed by atoms with Crippen molar-refractivity contribution in [3.8, 4) is 11.4 Å². The van der Waals surface area contributed by atoms with Crippen LogP contribution in [0.15, 0.2) is 48.7 Å². The highest BCUT2D eigenvalue weighted by Crippen LogP contribution is 2.34. The molecule has 3 aromatic rings. The molecule has 0 atom stereocenters. The Hall–Kier alpha value is -3.45. The number of fused-ring (bicyclic) bond motifs is 1. The van der Waals surface area contributed by atoms with Gasteiger partial charge in [0, 0.05) is 45.2 Å². The smallest absolute Gasteiger partial charge is 0.314 e. The Morgan fingerprint density at radius 3 is 2.53 bits per heavy atom. The van der Waals surface area contributed by atoms with Crippen LogP contribution in [0.25, 0.3) is 11.4 Å². The number of imide groups is 1. The van der Waals surface area contributed by atoms with Crippen molar-refractivity contribution in [2.75, 3.05) is 11.4 Å². The number of nitrogens with one attached hydrogen (secondary N) is 1. The maximum atomic E-state index is 12.3. The number of carbonyl (C=O) groups excluding carboxylic acids is 2. The van der Waals surface area contributed by atoms with E-state index in [1.165, 1.54) is 54.4 Å². The number of hydrogen-bond donors (Lipinski definition) is 1. The van der Waals surface area contributed by atoms with Crippen LogP contribution in [0.3, 0.4) is 0 Å². The number of nitrogens with zero attached hydrogens (tertiary/aromatic N) is 4. The fourth-order valence-electron chi connectivity index (χ4n) is 6.01. The maximum Gasteiger partial charge on any atom is 0.329 e. The van der Waals surface area contributed by atoms with Crippen LogP contribution < -0.4 is 10.2 Å². The van der Waals surface area contributed by atoms with E-state index in [9.17, 15) is 9.59 Å². The number of benzene rings is 2. The summed E-state index contributed by atoms with van der Waals surface area (Å²) >= 11 is 0. The maximum absolute atomic E-state index is 12.3. The van der Waals surface area contributed by atoms with Gasteiger partial charge >= 0.3 is 6.03 Å². The summed E-state index contributed by atoms with van der Waals surface area (Å²) < 4.78 is 1.93. The molecule has 3 aliphatic rings. The molecule has 0 bridgehead atoms. The number of anilines is 1. The quantitative estimate of drug-likeness (QED) is 0.548. The van der Waals surface area contributed by atoms with Crippen LogP contribution in [-0.2, 0) is 31.5 Å². The van der Waals surface area contributed by atoms with Crippen molar-refractivity contribution >= 4 is 17.8 Å². The summed E-state index contributed by atoms with van der Waals surface area (Å²) in [5.74, 6) is 2.02. The first kappa shape index (κ1) is 23.0. The first-order valence-corrected chi connectivity index (χ1v) is 13.1. The van der Waals surface area contributed by atoms with E-state index in [4.69, 9.17) is 0 Å². The Morgan fingerprint density at radius 1 is 0.972 bits per heavy atom. The standard InChI is InChI=1S/C29H33N5O2/c1-32-27(34-14-13-26(35)31-29(34)36)16-30-28(32)23-11-12-24-18-33(19-25(24)15-23)17-20-7-9-22(10-8-20)21-5-3-2-4-6-21/h7-12,15-16,21H,2-6,13-14,17-19H2,1H3,(H,31,35,36). The van der Waals surface area contributed by atoms with E-state index in [0.717, 1.165) is 36.9 Å². The van der Waals surface area contributed by atoms with Gasteiger partial charge in [-0.05, 0) is 47.1 Å². The molecule has 7 heteroatoms. The van der Waals surface area contributed by atoms with Gasteiger partial charge in [-0.1, -0.05) is 55.7 Å². The van der Waals surface area contributed by atoms with Gasteiger partial charge in [0.05, 0.1) is 6.20 Å². The molecule has 7 nitrogen and oxygen atoms in total. The number of aromatic nitrogens is 2. The zero-order chi connectivity index (χ0) is 24.6. The topological polar surface area (TPSA) is 70.5 Å². The van der Waals surface area contributed by atoms with E-state index in [-0.39, 0.29) is 5.91 Å². The van der Waals surface area contributed by atoms with Crippen molar-refractivity contribution in [3.05, 3.63) is 70.9 Å². The fraction of sp³-hybridized carbons (Fsp3) is 0.414. The van der Waals surface area contributed by atoms with Crippen molar-refractivity contribution in [1.29, 1.82) is 0 Å². The first-order chi connectivity index (χ1) is 17.5. The Bertz CT molecular complexity index is 1290. The summed E-state index contributed by atoms with van der Waals surface area (Å²) in [6.45, 7) is 3.18. The highest BCUT2D eigenvalue weighted by Gasteiger charge is 2.28. The number of rotatable bonds is 5. The van der Waals surface area contributed by atoms with Gasteiger partial charge < -0.3 is 4.57 Å². The van der Waals surface area contributed by atoms with Crippen LogP contribution in [0.1, 0.15) is 66.7 Å². The van der Waals surface area contributed by atoms with E-state index in [1.807, 2.05) is 11.6 Å². The fourth-order valence-corrected chi connectivity index (χ4v) is 6.01. The van der Waals surface area contributed by atoms with E-state index in [0.29, 0.717) is 18.8 Å². The van der Waals surface area contributed by atoms with Crippen LogP contribution in [0.4, 0.5) is 10.6 Å². The second-order valence-electron chi connectivity index (χ2n) is 10.5. The second-order valence-corrected chi connectivity index (χ2v) is 10.5. The summed E-state index contributed by atoms with van der Waals surface area (Å²) in [6, 6.07) is 15.5. The average molecular weight is 484 g/mol. The zero-order valence-corrected chi connectivity index (χ0v) is 20.9. The summed E-state index contributed by atoms with van der Waals surface area (Å²) in [6.07, 6.45) is 8.82. The molecule has 1 N–H and O–H groups in total. The van der Waals surface area contributed by atoms with E-state index >= 15 is 0 Å².